The van der Waals surface area contributed by atoms with Crippen molar-refractivity contribution in [3.8, 4) is 28.6 Å². The number of hydrogen-bond acceptors (Lipinski definition) is 5. The maximum Gasteiger partial charge on any atom is 0.341 e. The zero-order valence-electron chi connectivity index (χ0n) is 11.8. The fraction of sp³-hybridized carbons (Fsp3) is 0.0625. The molecule has 0 unspecified atom stereocenters. The average molecular weight is 314 g/mol. The van der Waals surface area contributed by atoms with Gasteiger partial charge in [-0.25, -0.2) is 9.18 Å². The molecule has 116 valence electrons. The molecule has 0 fully saturated rings. The third-order valence-electron chi connectivity index (χ3n) is 3.00. The van der Waals surface area contributed by atoms with E-state index >= 15 is 0 Å². The lowest BCUT2D eigenvalue weighted by Gasteiger charge is -2.06. The Bertz CT molecular complexity index is 830. The standard InChI is InChI=1S/C16H11FN2O4/c17-11-7-5-10(6-8-11)15-18-16(23-19-15)12-3-1-2-4-13(12)22-9-14(20)21/h1-8H,9H2,(H,20,21). The normalized spacial score (nSPS) is 10.5. The van der Waals surface area contributed by atoms with Crippen LogP contribution in [0.3, 0.4) is 0 Å². The van der Waals surface area contributed by atoms with Crippen molar-refractivity contribution < 1.29 is 23.6 Å². The molecular formula is C16H11FN2O4. The smallest absolute Gasteiger partial charge is 0.341 e. The molecule has 0 saturated heterocycles. The summed E-state index contributed by atoms with van der Waals surface area (Å²) >= 11 is 0. The second-order valence-corrected chi connectivity index (χ2v) is 4.61. The first-order valence-corrected chi connectivity index (χ1v) is 6.67. The predicted molar refractivity (Wildman–Crippen MR) is 78.3 cm³/mol. The zero-order valence-corrected chi connectivity index (χ0v) is 11.8. The highest BCUT2D eigenvalue weighted by atomic mass is 19.1. The fourth-order valence-corrected chi connectivity index (χ4v) is 1.96. The number of para-hydroxylation sites is 1. The molecule has 0 radical (unpaired) electrons. The van der Waals surface area contributed by atoms with Crippen LogP contribution in [0.25, 0.3) is 22.8 Å². The number of carbonyl (C=O) groups is 1. The Morgan fingerprint density at radius 1 is 1.17 bits per heavy atom. The monoisotopic (exact) mass is 314 g/mol. The summed E-state index contributed by atoms with van der Waals surface area (Å²) in [4.78, 5) is 14.9. The predicted octanol–water partition coefficient (Wildman–Crippen LogP) is 3.01. The van der Waals surface area contributed by atoms with E-state index in [0.717, 1.165) is 0 Å². The first kappa shape index (κ1) is 14.7. The Labute approximate surface area is 130 Å². The van der Waals surface area contributed by atoms with Crippen LogP contribution in [-0.4, -0.2) is 27.8 Å². The topological polar surface area (TPSA) is 85.5 Å². The summed E-state index contributed by atoms with van der Waals surface area (Å²) in [6.07, 6.45) is 0. The Morgan fingerprint density at radius 2 is 1.91 bits per heavy atom. The molecule has 0 bridgehead atoms. The van der Waals surface area contributed by atoms with Crippen molar-refractivity contribution in [1.29, 1.82) is 0 Å². The van der Waals surface area contributed by atoms with E-state index in [1.807, 2.05) is 0 Å². The summed E-state index contributed by atoms with van der Waals surface area (Å²) < 4.78 is 23.4. The van der Waals surface area contributed by atoms with E-state index in [-0.39, 0.29) is 11.7 Å². The molecule has 2 aromatic carbocycles. The molecule has 7 heteroatoms. The lowest BCUT2D eigenvalue weighted by molar-refractivity contribution is -0.139. The summed E-state index contributed by atoms with van der Waals surface area (Å²) in [6, 6.07) is 12.4. The van der Waals surface area contributed by atoms with Gasteiger partial charge in [-0.3, -0.25) is 0 Å². The number of rotatable bonds is 5. The van der Waals surface area contributed by atoms with Crippen molar-refractivity contribution in [1.82, 2.24) is 10.1 Å². The quantitative estimate of drug-likeness (QED) is 0.779. The SMILES string of the molecule is O=C(O)COc1ccccc1-c1nc(-c2ccc(F)cc2)no1. The van der Waals surface area contributed by atoms with E-state index in [1.54, 1.807) is 24.3 Å². The van der Waals surface area contributed by atoms with Crippen LogP contribution in [0.2, 0.25) is 0 Å². The van der Waals surface area contributed by atoms with Crippen LogP contribution in [-0.2, 0) is 4.79 Å². The van der Waals surface area contributed by atoms with Gasteiger partial charge in [-0.15, -0.1) is 0 Å². The van der Waals surface area contributed by atoms with E-state index < -0.39 is 12.6 Å². The number of carboxylic acids is 1. The number of hydrogen-bond donors (Lipinski definition) is 1. The Kier molecular flexibility index (Phi) is 4.01. The first-order valence-electron chi connectivity index (χ1n) is 6.67. The third-order valence-corrected chi connectivity index (χ3v) is 3.00. The summed E-state index contributed by atoms with van der Waals surface area (Å²) in [5.41, 5.74) is 1.08. The van der Waals surface area contributed by atoms with Gasteiger partial charge in [-0.1, -0.05) is 17.3 Å². The molecule has 0 aliphatic heterocycles. The minimum Gasteiger partial charge on any atom is -0.481 e. The molecule has 0 spiro atoms. The molecular weight excluding hydrogens is 303 g/mol. The number of ether oxygens (including phenoxy) is 1. The minimum absolute atomic E-state index is 0.185. The van der Waals surface area contributed by atoms with Gasteiger partial charge in [0.1, 0.15) is 11.6 Å². The highest BCUT2D eigenvalue weighted by molar-refractivity contribution is 5.70. The van der Waals surface area contributed by atoms with Crippen LogP contribution in [0.1, 0.15) is 0 Å². The molecule has 3 aromatic rings. The first-order chi connectivity index (χ1) is 11.1. The highest BCUT2D eigenvalue weighted by Gasteiger charge is 2.15. The van der Waals surface area contributed by atoms with E-state index in [9.17, 15) is 9.18 Å². The molecule has 1 aromatic heterocycles. The number of aliphatic carboxylic acids is 1. The molecule has 23 heavy (non-hydrogen) atoms. The van der Waals surface area contributed by atoms with Crippen LogP contribution >= 0.6 is 0 Å². The van der Waals surface area contributed by atoms with Gasteiger partial charge >= 0.3 is 5.97 Å². The van der Waals surface area contributed by atoms with Crippen molar-refractivity contribution in [3.63, 3.8) is 0 Å². The number of carboxylic acid groups (broad SMARTS) is 1. The molecule has 3 rings (SSSR count). The number of aromatic nitrogens is 2. The summed E-state index contributed by atoms with van der Waals surface area (Å²) in [7, 11) is 0. The second-order valence-electron chi connectivity index (χ2n) is 4.61. The van der Waals surface area contributed by atoms with Crippen molar-refractivity contribution in [2.75, 3.05) is 6.61 Å². The van der Waals surface area contributed by atoms with Gasteiger partial charge in [0.15, 0.2) is 6.61 Å². The van der Waals surface area contributed by atoms with Crippen LogP contribution in [0.5, 0.6) is 5.75 Å². The van der Waals surface area contributed by atoms with Crippen LogP contribution in [0.15, 0.2) is 53.1 Å². The van der Waals surface area contributed by atoms with Gasteiger partial charge in [0, 0.05) is 5.56 Å². The van der Waals surface area contributed by atoms with Crippen LogP contribution < -0.4 is 4.74 Å². The van der Waals surface area contributed by atoms with Gasteiger partial charge in [0.25, 0.3) is 5.89 Å². The van der Waals surface area contributed by atoms with Gasteiger partial charge in [-0.2, -0.15) is 4.98 Å². The maximum absolute atomic E-state index is 12.9. The van der Waals surface area contributed by atoms with E-state index in [4.69, 9.17) is 14.4 Å². The van der Waals surface area contributed by atoms with Gasteiger partial charge < -0.3 is 14.4 Å². The van der Waals surface area contributed by atoms with Gasteiger partial charge in [0.2, 0.25) is 5.82 Å². The molecule has 0 amide bonds. The fourth-order valence-electron chi connectivity index (χ4n) is 1.96. The number of benzene rings is 2. The van der Waals surface area contributed by atoms with Crippen LogP contribution in [0, 0.1) is 5.82 Å². The van der Waals surface area contributed by atoms with Gasteiger partial charge in [-0.05, 0) is 36.4 Å². The van der Waals surface area contributed by atoms with Crippen molar-refractivity contribution in [3.05, 3.63) is 54.3 Å². The van der Waals surface area contributed by atoms with E-state index in [2.05, 4.69) is 10.1 Å². The third kappa shape index (κ3) is 3.34. The highest BCUT2D eigenvalue weighted by Crippen LogP contribution is 2.30. The number of nitrogens with zero attached hydrogens (tertiary/aromatic N) is 2. The van der Waals surface area contributed by atoms with Gasteiger partial charge in [0.05, 0.1) is 5.56 Å². The summed E-state index contributed by atoms with van der Waals surface area (Å²) in [5.74, 6) is -0.634. The van der Waals surface area contributed by atoms with Crippen molar-refractivity contribution in [2.45, 2.75) is 0 Å². The molecule has 0 saturated carbocycles. The molecule has 1 N–H and O–H groups in total. The average Bonchev–Trinajstić information content (AvgIpc) is 3.03. The summed E-state index contributed by atoms with van der Waals surface area (Å²) in [5, 5.41) is 12.6. The van der Waals surface area contributed by atoms with Crippen molar-refractivity contribution in [2.24, 2.45) is 0 Å². The zero-order chi connectivity index (χ0) is 16.2. The maximum atomic E-state index is 12.9. The van der Waals surface area contributed by atoms with E-state index in [1.165, 1.54) is 24.3 Å². The molecule has 0 aliphatic carbocycles. The Morgan fingerprint density at radius 3 is 2.65 bits per heavy atom. The molecule has 0 atom stereocenters. The molecule has 6 nitrogen and oxygen atoms in total. The Hall–Kier alpha value is -3.22. The Balaban J connectivity index is 1.91. The molecule has 1 heterocycles. The van der Waals surface area contributed by atoms with E-state index in [0.29, 0.717) is 22.7 Å². The van der Waals surface area contributed by atoms with Crippen LogP contribution in [0.4, 0.5) is 4.39 Å². The summed E-state index contributed by atoms with van der Waals surface area (Å²) in [6.45, 7) is -0.476. The second kappa shape index (κ2) is 6.27. The minimum atomic E-state index is -1.09. The van der Waals surface area contributed by atoms with Crippen molar-refractivity contribution >= 4 is 5.97 Å². The number of halogens is 1. The lowest BCUT2D eigenvalue weighted by Crippen LogP contribution is -2.09. The molecule has 0 aliphatic rings. The lowest BCUT2D eigenvalue weighted by atomic mass is 10.2. The largest absolute Gasteiger partial charge is 0.481 e.